The molecule has 0 aliphatic carbocycles. The number of fused-ring (bicyclic) bond motifs is 1. The van der Waals surface area contributed by atoms with Gasteiger partial charge in [0.2, 0.25) is 6.41 Å². The second kappa shape index (κ2) is 14.7. The van der Waals surface area contributed by atoms with Crippen LogP contribution in [-0.4, -0.2) is 55.6 Å². The average molecular weight is 605 g/mol. The van der Waals surface area contributed by atoms with Crippen molar-refractivity contribution in [3.05, 3.63) is 59.6 Å². The maximum atomic E-state index is 15.0. The molecule has 16 heteroatoms. The summed E-state index contributed by atoms with van der Waals surface area (Å²) >= 11 is 0. The van der Waals surface area contributed by atoms with Crippen LogP contribution in [0.25, 0.3) is 16.9 Å². The first-order valence-electron chi connectivity index (χ1n) is 12.5. The zero-order chi connectivity index (χ0) is 31.0. The molecule has 0 spiro atoms. The van der Waals surface area contributed by atoms with Gasteiger partial charge in [0, 0.05) is 36.9 Å². The van der Waals surface area contributed by atoms with Crippen molar-refractivity contribution in [3.8, 4) is 17.3 Å². The summed E-state index contributed by atoms with van der Waals surface area (Å²) in [4.78, 5) is 31.4. The number of nitrogens with zero attached hydrogens (tertiary/aromatic N) is 6. The highest BCUT2D eigenvalue weighted by Crippen LogP contribution is 2.37. The maximum Gasteiger partial charge on any atom is 0.435 e. The topological polar surface area (TPSA) is 168 Å². The molecule has 5 N–H and O–H groups in total. The summed E-state index contributed by atoms with van der Waals surface area (Å²) in [6.45, 7) is 5.63. The number of imidazole rings is 1. The van der Waals surface area contributed by atoms with Crippen LogP contribution in [0.5, 0.6) is 0 Å². The van der Waals surface area contributed by atoms with E-state index < -0.39 is 29.6 Å². The number of benzene rings is 1. The van der Waals surface area contributed by atoms with Gasteiger partial charge in [-0.1, -0.05) is 14.4 Å². The zero-order valence-electron chi connectivity index (χ0n) is 22.8. The van der Waals surface area contributed by atoms with Gasteiger partial charge in [-0.2, -0.15) is 23.5 Å². The van der Waals surface area contributed by atoms with Crippen molar-refractivity contribution in [2.24, 2.45) is 5.73 Å². The van der Waals surface area contributed by atoms with Gasteiger partial charge in [-0.15, -0.1) is 0 Å². The molecule has 0 saturated heterocycles. The fourth-order valence-electron chi connectivity index (χ4n) is 3.99. The number of rotatable bonds is 9. The standard InChI is InChI=1S/C24H21F4N9O2.C2H7N.CH4/c1-13-7-15(8-17(25)19(13)23(39)33-14(2)9-30-12-38)34-21-22-32-10-18(37(22)6-4-31-21)16-11-36(5-3-29)35-20(16)24(26,27)28;1-2-3;/h4,6-8,10-12,14H,5,9H2,1-2H3,(H,30,38)(H,31,34)(H,33,39);2-3H2,1H3;1H4. The second-order valence-corrected chi connectivity index (χ2v) is 8.94. The van der Waals surface area contributed by atoms with Crippen molar-refractivity contribution >= 4 is 29.5 Å². The van der Waals surface area contributed by atoms with Crippen LogP contribution >= 0.6 is 0 Å². The quantitative estimate of drug-likeness (QED) is 0.165. The third kappa shape index (κ3) is 8.04. The van der Waals surface area contributed by atoms with Gasteiger partial charge in [-0.3, -0.25) is 18.7 Å². The van der Waals surface area contributed by atoms with E-state index in [9.17, 15) is 27.2 Å². The van der Waals surface area contributed by atoms with E-state index >= 15 is 0 Å². The largest absolute Gasteiger partial charge is 0.435 e. The number of halogens is 4. The Labute approximate surface area is 244 Å². The Morgan fingerprint density at radius 3 is 2.58 bits per heavy atom. The van der Waals surface area contributed by atoms with E-state index in [0.717, 1.165) is 23.5 Å². The normalized spacial score (nSPS) is 11.4. The monoisotopic (exact) mass is 604 g/mol. The Hall–Kier alpha value is -5.04. The fraction of sp³-hybridized carbons (Fsp3) is 0.333. The minimum atomic E-state index is -4.78. The summed E-state index contributed by atoms with van der Waals surface area (Å²) in [5, 5.41) is 20.3. The molecule has 1 aromatic carbocycles. The van der Waals surface area contributed by atoms with Gasteiger partial charge in [0.25, 0.3) is 5.91 Å². The molecular weight excluding hydrogens is 572 g/mol. The molecule has 0 bridgehead atoms. The van der Waals surface area contributed by atoms with Crippen LogP contribution in [-0.2, 0) is 17.5 Å². The predicted octanol–water partition coefficient (Wildman–Crippen LogP) is 3.79. The second-order valence-electron chi connectivity index (χ2n) is 8.94. The minimum Gasteiger partial charge on any atom is -0.357 e. The lowest BCUT2D eigenvalue weighted by Gasteiger charge is -2.16. The smallest absolute Gasteiger partial charge is 0.357 e. The first kappa shape index (κ1) is 34.2. The summed E-state index contributed by atoms with van der Waals surface area (Å²) in [6.07, 6.45) is 0.772. The van der Waals surface area contributed by atoms with E-state index in [-0.39, 0.29) is 54.5 Å². The molecule has 12 nitrogen and oxygen atoms in total. The highest BCUT2D eigenvalue weighted by atomic mass is 19.4. The summed E-state index contributed by atoms with van der Waals surface area (Å²) < 4.78 is 58.2. The van der Waals surface area contributed by atoms with Crippen molar-refractivity contribution in [1.82, 2.24) is 34.8 Å². The molecule has 0 aliphatic heterocycles. The minimum absolute atomic E-state index is 0. The Balaban J connectivity index is 0.00000155. The number of amides is 2. The third-order valence-corrected chi connectivity index (χ3v) is 5.63. The number of carbonyl (C=O) groups excluding carboxylic acids is 2. The molecule has 0 saturated carbocycles. The van der Waals surface area contributed by atoms with Crippen molar-refractivity contribution in [1.29, 1.82) is 5.26 Å². The van der Waals surface area contributed by atoms with Crippen LogP contribution in [0.15, 0.2) is 36.9 Å². The molecule has 3 heterocycles. The highest BCUT2D eigenvalue weighted by Gasteiger charge is 2.38. The average Bonchev–Trinajstić information content (AvgIpc) is 3.52. The van der Waals surface area contributed by atoms with E-state index in [2.05, 4.69) is 31.0 Å². The van der Waals surface area contributed by atoms with E-state index in [1.807, 2.05) is 6.92 Å². The molecule has 1 unspecified atom stereocenters. The highest BCUT2D eigenvalue weighted by molar-refractivity contribution is 5.96. The number of hydrogen-bond acceptors (Lipinski definition) is 8. The van der Waals surface area contributed by atoms with Crippen LogP contribution in [0.4, 0.5) is 29.1 Å². The first-order chi connectivity index (χ1) is 19.9. The number of nitrogens with two attached hydrogens (primary N) is 1. The number of nitrogens with one attached hydrogen (secondary N) is 3. The lowest BCUT2D eigenvalue weighted by Crippen LogP contribution is -2.40. The molecule has 230 valence electrons. The van der Waals surface area contributed by atoms with Crippen molar-refractivity contribution in [2.75, 3.05) is 18.4 Å². The maximum absolute atomic E-state index is 15.0. The number of aryl methyl sites for hydroxylation is 1. The number of alkyl halides is 3. The summed E-state index contributed by atoms with van der Waals surface area (Å²) in [5.41, 5.74) is 3.94. The zero-order valence-corrected chi connectivity index (χ0v) is 22.8. The Morgan fingerprint density at radius 2 is 1.98 bits per heavy atom. The summed E-state index contributed by atoms with van der Waals surface area (Å²) in [5.74, 6) is -1.36. The van der Waals surface area contributed by atoms with Gasteiger partial charge in [0.15, 0.2) is 17.2 Å². The number of aromatic nitrogens is 5. The van der Waals surface area contributed by atoms with E-state index in [4.69, 9.17) is 11.0 Å². The predicted molar refractivity (Wildman–Crippen MR) is 152 cm³/mol. The molecule has 3 aromatic heterocycles. The van der Waals surface area contributed by atoms with Gasteiger partial charge >= 0.3 is 6.18 Å². The van der Waals surface area contributed by atoms with Crippen molar-refractivity contribution in [2.45, 2.75) is 47.0 Å². The van der Waals surface area contributed by atoms with Crippen LogP contribution in [0, 0.1) is 24.1 Å². The van der Waals surface area contributed by atoms with Crippen LogP contribution < -0.4 is 21.7 Å². The number of hydrogen-bond donors (Lipinski definition) is 4. The molecule has 2 amide bonds. The van der Waals surface area contributed by atoms with Gasteiger partial charge in [-0.05, 0) is 38.1 Å². The molecule has 4 rings (SSSR count). The van der Waals surface area contributed by atoms with Gasteiger partial charge in [0.05, 0.1) is 29.1 Å². The Morgan fingerprint density at radius 1 is 1.28 bits per heavy atom. The van der Waals surface area contributed by atoms with Crippen molar-refractivity contribution in [3.63, 3.8) is 0 Å². The Kier molecular flexibility index (Phi) is 11.7. The van der Waals surface area contributed by atoms with Crippen LogP contribution in [0.1, 0.15) is 42.9 Å². The fourth-order valence-corrected chi connectivity index (χ4v) is 3.99. The molecule has 0 fully saturated rings. The SMILES string of the molecule is C.CCN.Cc1cc(Nc2nccn3c(-c4cn(CC#N)nc4C(F)(F)F)cnc23)cc(F)c1C(=O)NC(C)CNC=O. The molecule has 43 heavy (non-hydrogen) atoms. The van der Waals surface area contributed by atoms with E-state index in [0.29, 0.717) is 12.0 Å². The lowest BCUT2D eigenvalue weighted by atomic mass is 10.1. The molecule has 4 aromatic rings. The first-order valence-corrected chi connectivity index (χ1v) is 12.5. The number of carbonyl (C=O) groups is 2. The van der Waals surface area contributed by atoms with E-state index in [1.54, 1.807) is 13.0 Å². The van der Waals surface area contributed by atoms with Crippen LogP contribution in [0.2, 0.25) is 0 Å². The third-order valence-electron chi connectivity index (χ3n) is 5.63. The number of nitriles is 1. The Bertz CT molecular complexity index is 1580. The van der Waals surface area contributed by atoms with Crippen LogP contribution in [0.3, 0.4) is 0 Å². The molecule has 1 atom stereocenters. The van der Waals surface area contributed by atoms with Crippen molar-refractivity contribution < 1.29 is 27.2 Å². The lowest BCUT2D eigenvalue weighted by molar-refractivity contribution is -0.141. The summed E-state index contributed by atoms with van der Waals surface area (Å²) in [6, 6.07) is 3.90. The van der Waals surface area contributed by atoms with Gasteiger partial charge < -0.3 is 21.7 Å². The number of anilines is 2. The van der Waals surface area contributed by atoms with Gasteiger partial charge in [0.1, 0.15) is 12.4 Å². The molecule has 0 radical (unpaired) electrons. The molecular formula is C27H32F4N10O2. The van der Waals surface area contributed by atoms with Gasteiger partial charge in [-0.25, -0.2) is 14.4 Å². The molecule has 0 aliphatic rings. The summed E-state index contributed by atoms with van der Waals surface area (Å²) in [7, 11) is 0. The van der Waals surface area contributed by atoms with E-state index in [1.165, 1.54) is 36.0 Å².